The molecule has 20 heavy (non-hydrogen) atoms. The SMILES string of the molecule is CCCc1nc(NCC)cc(-c2cccc(C)c2C)n1. The monoisotopic (exact) mass is 269 g/mol. The van der Waals surface area contributed by atoms with Gasteiger partial charge in [0.1, 0.15) is 11.6 Å². The van der Waals surface area contributed by atoms with Crippen molar-refractivity contribution in [3.05, 3.63) is 41.2 Å². The molecule has 106 valence electrons. The number of anilines is 1. The van der Waals surface area contributed by atoms with Crippen molar-refractivity contribution < 1.29 is 0 Å². The molecular formula is C17H23N3. The maximum Gasteiger partial charge on any atom is 0.131 e. The molecule has 1 aromatic carbocycles. The minimum Gasteiger partial charge on any atom is -0.370 e. The van der Waals surface area contributed by atoms with Crippen molar-refractivity contribution in [1.29, 1.82) is 0 Å². The lowest BCUT2D eigenvalue weighted by Gasteiger charge is -2.11. The number of hydrogen-bond donors (Lipinski definition) is 1. The standard InChI is InChI=1S/C17H23N3/c1-5-8-16-19-15(11-17(20-16)18-6-2)14-10-7-9-12(3)13(14)4/h7,9-11H,5-6,8H2,1-4H3,(H,18,19,20). The Morgan fingerprint density at radius 2 is 1.90 bits per heavy atom. The van der Waals surface area contributed by atoms with Crippen molar-refractivity contribution in [3.8, 4) is 11.3 Å². The zero-order chi connectivity index (χ0) is 14.5. The number of benzene rings is 1. The summed E-state index contributed by atoms with van der Waals surface area (Å²) >= 11 is 0. The van der Waals surface area contributed by atoms with E-state index in [1.807, 2.05) is 6.07 Å². The molecule has 0 saturated carbocycles. The Labute approximate surface area is 121 Å². The summed E-state index contributed by atoms with van der Waals surface area (Å²) in [5.74, 6) is 1.84. The van der Waals surface area contributed by atoms with Crippen LogP contribution in [0.1, 0.15) is 37.2 Å². The highest BCUT2D eigenvalue weighted by Crippen LogP contribution is 2.25. The van der Waals surface area contributed by atoms with Gasteiger partial charge >= 0.3 is 0 Å². The summed E-state index contributed by atoms with van der Waals surface area (Å²) in [5, 5.41) is 3.30. The lowest BCUT2D eigenvalue weighted by Crippen LogP contribution is -2.05. The van der Waals surface area contributed by atoms with Crippen LogP contribution in [0.4, 0.5) is 5.82 Å². The summed E-state index contributed by atoms with van der Waals surface area (Å²) in [6, 6.07) is 8.41. The first-order valence-corrected chi connectivity index (χ1v) is 7.34. The second-order valence-electron chi connectivity index (χ2n) is 5.08. The van der Waals surface area contributed by atoms with E-state index in [1.165, 1.54) is 16.7 Å². The molecule has 0 atom stereocenters. The first-order chi connectivity index (χ1) is 9.65. The predicted octanol–water partition coefficient (Wildman–Crippen LogP) is 4.14. The van der Waals surface area contributed by atoms with Crippen molar-refractivity contribution >= 4 is 5.82 Å². The molecule has 1 heterocycles. The smallest absolute Gasteiger partial charge is 0.131 e. The van der Waals surface area contributed by atoms with E-state index in [1.54, 1.807) is 0 Å². The van der Waals surface area contributed by atoms with Crippen LogP contribution in [0, 0.1) is 13.8 Å². The largest absolute Gasteiger partial charge is 0.370 e. The van der Waals surface area contributed by atoms with Gasteiger partial charge in [0.2, 0.25) is 0 Å². The third-order valence-corrected chi connectivity index (χ3v) is 3.48. The summed E-state index contributed by atoms with van der Waals surface area (Å²) in [7, 11) is 0. The molecule has 0 spiro atoms. The quantitative estimate of drug-likeness (QED) is 0.886. The lowest BCUT2D eigenvalue weighted by molar-refractivity contribution is 0.836. The fraction of sp³-hybridized carbons (Fsp3) is 0.412. The van der Waals surface area contributed by atoms with Gasteiger partial charge < -0.3 is 5.32 Å². The topological polar surface area (TPSA) is 37.8 Å². The van der Waals surface area contributed by atoms with Crippen molar-refractivity contribution in [3.63, 3.8) is 0 Å². The fourth-order valence-electron chi connectivity index (χ4n) is 2.27. The number of rotatable bonds is 5. The first kappa shape index (κ1) is 14.5. The summed E-state index contributed by atoms with van der Waals surface area (Å²) in [4.78, 5) is 9.29. The van der Waals surface area contributed by atoms with Crippen LogP contribution < -0.4 is 5.32 Å². The Balaban J connectivity index is 2.51. The van der Waals surface area contributed by atoms with Gasteiger partial charge in [0, 0.05) is 24.6 Å². The number of aryl methyl sites for hydroxylation is 2. The van der Waals surface area contributed by atoms with Gasteiger partial charge in [0.05, 0.1) is 5.69 Å². The number of aromatic nitrogens is 2. The maximum atomic E-state index is 4.73. The van der Waals surface area contributed by atoms with E-state index in [0.717, 1.165) is 36.7 Å². The molecule has 0 aliphatic rings. The third kappa shape index (κ3) is 3.16. The minimum absolute atomic E-state index is 0.870. The number of nitrogens with one attached hydrogen (secondary N) is 1. The molecule has 2 rings (SSSR count). The lowest BCUT2D eigenvalue weighted by atomic mass is 10.0. The molecule has 0 amide bonds. The van der Waals surface area contributed by atoms with Gasteiger partial charge in [-0.15, -0.1) is 0 Å². The Morgan fingerprint density at radius 1 is 1.10 bits per heavy atom. The van der Waals surface area contributed by atoms with Crippen molar-refractivity contribution in [2.24, 2.45) is 0 Å². The molecule has 0 radical (unpaired) electrons. The summed E-state index contributed by atoms with van der Waals surface area (Å²) in [5.41, 5.74) is 4.80. The van der Waals surface area contributed by atoms with Gasteiger partial charge in [0.25, 0.3) is 0 Å². The van der Waals surface area contributed by atoms with Crippen molar-refractivity contribution in [2.75, 3.05) is 11.9 Å². The van der Waals surface area contributed by atoms with Crippen LogP contribution in [-0.2, 0) is 6.42 Å². The zero-order valence-corrected chi connectivity index (χ0v) is 12.8. The van der Waals surface area contributed by atoms with Gasteiger partial charge in [-0.25, -0.2) is 9.97 Å². The highest BCUT2D eigenvalue weighted by atomic mass is 15.0. The molecule has 1 aromatic heterocycles. The minimum atomic E-state index is 0.870. The average Bonchev–Trinajstić information content (AvgIpc) is 2.42. The third-order valence-electron chi connectivity index (χ3n) is 3.48. The van der Waals surface area contributed by atoms with Crippen LogP contribution in [-0.4, -0.2) is 16.5 Å². The van der Waals surface area contributed by atoms with Crippen LogP contribution in [0.2, 0.25) is 0 Å². The van der Waals surface area contributed by atoms with Crippen LogP contribution in [0.15, 0.2) is 24.3 Å². The van der Waals surface area contributed by atoms with E-state index in [0.29, 0.717) is 0 Å². The molecule has 2 aromatic rings. The molecule has 1 N–H and O–H groups in total. The molecule has 0 bridgehead atoms. The zero-order valence-electron chi connectivity index (χ0n) is 12.8. The highest BCUT2D eigenvalue weighted by Gasteiger charge is 2.09. The molecule has 3 heteroatoms. The molecular weight excluding hydrogens is 246 g/mol. The van der Waals surface area contributed by atoms with E-state index >= 15 is 0 Å². The van der Waals surface area contributed by atoms with Crippen LogP contribution in [0.5, 0.6) is 0 Å². The second kappa shape index (κ2) is 6.51. The van der Waals surface area contributed by atoms with Crippen molar-refractivity contribution in [2.45, 2.75) is 40.5 Å². The predicted molar refractivity (Wildman–Crippen MR) is 85.1 cm³/mol. The molecule has 3 nitrogen and oxygen atoms in total. The van der Waals surface area contributed by atoms with E-state index < -0.39 is 0 Å². The van der Waals surface area contributed by atoms with Crippen LogP contribution in [0.25, 0.3) is 11.3 Å². The van der Waals surface area contributed by atoms with Gasteiger partial charge in [-0.2, -0.15) is 0 Å². The van der Waals surface area contributed by atoms with E-state index in [4.69, 9.17) is 4.98 Å². The second-order valence-corrected chi connectivity index (χ2v) is 5.08. The fourth-order valence-corrected chi connectivity index (χ4v) is 2.27. The summed E-state index contributed by atoms with van der Waals surface area (Å²) in [6.07, 6.45) is 1.97. The van der Waals surface area contributed by atoms with Crippen LogP contribution in [0.3, 0.4) is 0 Å². The summed E-state index contributed by atoms with van der Waals surface area (Å²) in [6.45, 7) is 9.40. The van der Waals surface area contributed by atoms with Crippen LogP contribution >= 0.6 is 0 Å². The van der Waals surface area contributed by atoms with E-state index in [2.05, 4.69) is 56.2 Å². The molecule has 0 aliphatic heterocycles. The Hall–Kier alpha value is -1.90. The van der Waals surface area contributed by atoms with Crippen molar-refractivity contribution in [1.82, 2.24) is 9.97 Å². The van der Waals surface area contributed by atoms with E-state index in [9.17, 15) is 0 Å². The Bertz CT molecular complexity index is 567. The number of nitrogens with zero attached hydrogens (tertiary/aromatic N) is 2. The molecule has 0 fully saturated rings. The maximum absolute atomic E-state index is 4.73. The normalized spacial score (nSPS) is 10.6. The van der Waals surface area contributed by atoms with Gasteiger partial charge in [-0.1, -0.05) is 25.1 Å². The van der Waals surface area contributed by atoms with Gasteiger partial charge in [-0.05, 0) is 38.3 Å². The summed E-state index contributed by atoms with van der Waals surface area (Å²) < 4.78 is 0. The average molecular weight is 269 g/mol. The highest BCUT2D eigenvalue weighted by molar-refractivity contribution is 5.67. The Morgan fingerprint density at radius 3 is 2.60 bits per heavy atom. The Kier molecular flexibility index (Phi) is 4.72. The van der Waals surface area contributed by atoms with Gasteiger partial charge in [0.15, 0.2) is 0 Å². The molecule has 0 saturated heterocycles. The first-order valence-electron chi connectivity index (χ1n) is 7.34. The van der Waals surface area contributed by atoms with E-state index in [-0.39, 0.29) is 0 Å². The molecule has 0 aliphatic carbocycles. The number of hydrogen-bond acceptors (Lipinski definition) is 3. The van der Waals surface area contributed by atoms with Gasteiger partial charge in [-0.3, -0.25) is 0 Å². The molecule has 0 unspecified atom stereocenters.